The summed E-state index contributed by atoms with van der Waals surface area (Å²) in [6.45, 7) is 4.45. The van der Waals surface area contributed by atoms with E-state index in [2.05, 4.69) is 20.6 Å². The number of hydrogen-bond acceptors (Lipinski definition) is 12. The smallest absolute Gasteiger partial charge is 0.224 e. The van der Waals surface area contributed by atoms with Gasteiger partial charge in [0.15, 0.2) is 0 Å². The summed E-state index contributed by atoms with van der Waals surface area (Å²) in [4.78, 5) is 18.9. The third-order valence-electron chi connectivity index (χ3n) is 7.22. The van der Waals surface area contributed by atoms with Crippen LogP contribution in [0.4, 0.5) is 11.8 Å². The number of nitrogens with zero attached hydrogens (tertiary/aromatic N) is 4. The van der Waals surface area contributed by atoms with Crippen molar-refractivity contribution in [3.63, 3.8) is 0 Å². The van der Waals surface area contributed by atoms with Crippen molar-refractivity contribution in [2.24, 2.45) is 5.92 Å². The molecule has 0 amide bonds. The zero-order chi connectivity index (χ0) is 27.0. The van der Waals surface area contributed by atoms with E-state index in [1.54, 1.807) is 14.0 Å². The summed E-state index contributed by atoms with van der Waals surface area (Å²) >= 11 is 1.53. The van der Waals surface area contributed by atoms with Crippen LogP contribution in [-0.2, 0) is 14.6 Å². The van der Waals surface area contributed by atoms with E-state index in [1.807, 2.05) is 19.2 Å². The third-order valence-corrected chi connectivity index (χ3v) is 10.1. The second kappa shape index (κ2) is 11.0. The fraction of sp³-hybridized carbons (Fsp3) is 0.600. The molecule has 2 aliphatic rings. The number of methoxy groups -OCH3 is 1. The van der Waals surface area contributed by atoms with Crippen molar-refractivity contribution in [3.8, 4) is 10.6 Å². The lowest BCUT2D eigenvalue weighted by molar-refractivity contribution is 0.0216. The first kappa shape index (κ1) is 27.1. The Hall–Kier alpha value is -2.45. The lowest BCUT2D eigenvalue weighted by Gasteiger charge is -2.21. The SMILES string of the molecule is CCS(=O)(=O)C[C@H]1C[C@@H](Nc2nc(NCCOC)nc(C)c2-c2nc3c(C4CC4)nccc3s2)[C@H](O)[C@@H]1O. The lowest BCUT2D eigenvalue weighted by Crippen LogP contribution is -2.36. The van der Waals surface area contributed by atoms with Crippen LogP contribution in [0.3, 0.4) is 0 Å². The normalized spacial score (nSPS) is 23.7. The van der Waals surface area contributed by atoms with Crippen molar-refractivity contribution < 1.29 is 23.4 Å². The van der Waals surface area contributed by atoms with Gasteiger partial charge < -0.3 is 25.6 Å². The Morgan fingerprint density at radius 1 is 1.18 bits per heavy atom. The minimum atomic E-state index is -3.31. The molecular weight excluding hydrogens is 528 g/mol. The predicted molar refractivity (Wildman–Crippen MR) is 147 cm³/mol. The van der Waals surface area contributed by atoms with Gasteiger partial charge in [-0.1, -0.05) is 6.92 Å². The molecule has 0 saturated heterocycles. The highest BCUT2D eigenvalue weighted by Crippen LogP contribution is 2.44. The molecule has 2 aliphatic carbocycles. The molecule has 0 radical (unpaired) electrons. The summed E-state index contributed by atoms with van der Waals surface area (Å²) in [5, 5.41) is 28.7. The van der Waals surface area contributed by atoms with E-state index in [1.165, 1.54) is 11.3 Å². The first-order chi connectivity index (χ1) is 18.2. The molecule has 3 heterocycles. The van der Waals surface area contributed by atoms with E-state index in [4.69, 9.17) is 14.7 Å². The number of pyridine rings is 1. The average molecular weight is 563 g/mol. The topological polar surface area (TPSA) is 159 Å². The van der Waals surface area contributed by atoms with Gasteiger partial charge in [-0.25, -0.2) is 18.4 Å². The van der Waals surface area contributed by atoms with Crippen LogP contribution < -0.4 is 10.6 Å². The van der Waals surface area contributed by atoms with E-state index in [9.17, 15) is 18.6 Å². The molecule has 206 valence electrons. The van der Waals surface area contributed by atoms with Gasteiger partial charge in [-0.05, 0) is 32.3 Å². The van der Waals surface area contributed by atoms with Crippen LogP contribution in [0.15, 0.2) is 12.3 Å². The molecular formula is C25H34N6O5S2. The Morgan fingerprint density at radius 2 is 1.97 bits per heavy atom. The van der Waals surface area contributed by atoms with E-state index in [-0.39, 0.29) is 17.9 Å². The molecule has 0 spiro atoms. The van der Waals surface area contributed by atoms with Crippen molar-refractivity contribution in [3.05, 3.63) is 23.7 Å². The van der Waals surface area contributed by atoms with Crippen LogP contribution in [0.5, 0.6) is 0 Å². The molecule has 3 aromatic rings. The van der Waals surface area contributed by atoms with Gasteiger partial charge in [-0.3, -0.25) is 4.98 Å². The Labute approximate surface area is 226 Å². The van der Waals surface area contributed by atoms with Gasteiger partial charge in [0.25, 0.3) is 0 Å². The van der Waals surface area contributed by atoms with Gasteiger partial charge in [-0.2, -0.15) is 4.98 Å². The van der Waals surface area contributed by atoms with Crippen LogP contribution in [0.1, 0.15) is 43.5 Å². The lowest BCUT2D eigenvalue weighted by atomic mass is 10.1. The molecule has 0 bridgehead atoms. The number of ether oxygens (including phenoxy) is 1. The molecule has 2 fully saturated rings. The molecule has 11 nitrogen and oxygen atoms in total. The second-order valence-electron chi connectivity index (χ2n) is 10.0. The Balaban J connectivity index is 1.51. The minimum Gasteiger partial charge on any atom is -0.390 e. The summed E-state index contributed by atoms with van der Waals surface area (Å²) in [5.41, 5.74) is 3.31. The maximum absolute atomic E-state index is 12.2. The molecule has 38 heavy (non-hydrogen) atoms. The van der Waals surface area contributed by atoms with E-state index >= 15 is 0 Å². The maximum Gasteiger partial charge on any atom is 0.224 e. The molecule has 4 N–H and O–H groups in total. The van der Waals surface area contributed by atoms with Crippen LogP contribution in [-0.4, -0.2) is 88.6 Å². The van der Waals surface area contributed by atoms with Crippen molar-refractivity contribution in [2.75, 3.05) is 42.4 Å². The Bertz CT molecular complexity index is 1410. The van der Waals surface area contributed by atoms with E-state index in [0.29, 0.717) is 42.1 Å². The summed E-state index contributed by atoms with van der Waals surface area (Å²) in [7, 11) is -1.70. The monoisotopic (exact) mass is 562 g/mol. The number of anilines is 2. The van der Waals surface area contributed by atoms with Crippen LogP contribution in [0, 0.1) is 12.8 Å². The third kappa shape index (κ3) is 5.62. The molecule has 2 saturated carbocycles. The van der Waals surface area contributed by atoms with Crippen LogP contribution in [0.2, 0.25) is 0 Å². The number of nitrogens with one attached hydrogen (secondary N) is 2. The summed E-state index contributed by atoms with van der Waals surface area (Å²) in [6, 6.07) is 1.36. The molecule has 5 rings (SSSR count). The van der Waals surface area contributed by atoms with Crippen LogP contribution >= 0.6 is 11.3 Å². The summed E-state index contributed by atoms with van der Waals surface area (Å²) < 4.78 is 30.6. The zero-order valence-electron chi connectivity index (χ0n) is 21.7. The number of aryl methyl sites for hydroxylation is 1. The standard InChI is InChI=1S/C25H34N6O5S2/c1-4-38(34,35)12-15-11-16(22(33)21(15)32)29-23-18(13(2)28-25(31-23)27-9-10-36-3)24-30-20-17(37-24)7-8-26-19(20)14-5-6-14/h7-8,14-16,21-22,32-33H,4-6,9-12H2,1-3H3,(H2,27,28,29,31)/t15-,16-,21-,22+/m1/s1. The predicted octanol–water partition coefficient (Wildman–Crippen LogP) is 2.35. The van der Waals surface area contributed by atoms with Crippen molar-refractivity contribution >= 4 is 43.2 Å². The number of thiazole rings is 1. The number of aliphatic hydroxyl groups is 2. The molecule has 4 atom stereocenters. The molecule has 0 aromatic carbocycles. The first-order valence-electron chi connectivity index (χ1n) is 12.9. The molecule has 0 aliphatic heterocycles. The first-order valence-corrected chi connectivity index (χ1v) is 15.5. The van der Waals surface area contributed by atoms with Gasteiger partial charge in [0.1, 0.15) is 32.3 Å². The summed E-state index contributed by atoms with van der Waals surface area (Å²) in [6.07, 6.45) is 2.03. The highest BCUT2D eigenvalue weighted by Gasteiger charge is 2.43. The van der Waals surface area contributed by atoms with Crippen molar-refractivity contribution in [1.82, 2.24) is 19.9 Å². The summed E-state index contributed by atoms with van der Waals surface area (Å²) in [5.74, 6) is 0.549. The second-order valence-corrected chi connectivity index (χ2v) is 13.5. The fourth-order valence-electron chi connectivity index (χ4n) is 4.97. The Kier molecular flexibility index (Phi) is 7.83. The highest BCUT2D eigenvalue weighted by atomic mass is 32.2. The molecule has 3 aromatic heterocycles. The largest absolute Gasteiger partial charge is 0.390 e. The van der Waals surface area contributed by atoms with Gasteiger partial charge in [0, 0.05) is 37.4 Å². The van der Waals surface area contributed by atoms with E-state index < -0.39 is 34.0 Å². The van der Waals surface area contributed by atoms with Crippen molar-refractivity contribution in [2.45, 2.75) is 57.3 Å². The highest BCUT2D eigenvalue weighted by molar-refractivity contribution is 7.91. The van der Waals surface area contributed by atoms with Crippen LogP contribution in [0.25, 0.3) is 20.8 Å². The van der Waals surface area contributed by atoms with Crippen molar-refractivity contribution in [1.29, 1.82) is 0 Å². The zero-order valence-corrected chi connectivity index (χ0v) is 23.3. The van der Waals surface area contributed by atoms with Gasteiger partial charge in [0.2, 0.25) is 5.95 Å². The van der Waals surface area contributed by atoms with E-state index in [0.717, 1.165) is 33.8 Å². The number of aliphatic hydroxyl groups excluding tert-OH is 2. The molecule has 13 heteroatoms. The maximum atomic E-state index is 12.2. The van der Waals surface area contributed by atoms with Gasteiger partial charge in [0.05, 0.1) is 46.2 Å². The number of aromatic nitrogens is 4. The molecule has 0 unspecified atom stereocenters. The van der Waals surface area contributed by atoms with Gasteiger partial charge >= 0.3 is 0 Å². The fourth-order valence-corrected chi connectivity index (χ4v) is 7.26. The quantitative estimate of drug-likeness (QED) is 0.254. The minimum absolute atomic E-state index is 0.00846. The number of fused-ring (bicyclic) bond motifs is 1. The number of sulfone groups is 1. The number of hydrogen-bond donors (Lipinski definition) is 4. The Morgan fingerprint density at radius 3 is 2.68 bits per heavy atom. The number of rotatable bonds is 11. The van der Waals surface area contributed by atoms with Gasteiger partial charge in [-0.15, -0.1) is 11.3 Å². The average Bonchev–Trinajstić information content (AvgIpc) is 3.59.